The highest BCUT2D eigenvalue weighted by Crippen LogP contribution is 2.19. The maximum Gasteiger partial charge on any atom is 0.251 e. The summed E-state index contributed by atoms with van der Waals surface area (Å²) >= 11 is 0. The molecule has 0 aliphatic heterocycles. The molecule has 1 N–H and O–H groups in total. The molecule has 0 spiro atoms. The molecule has 0 aromatic heterocycles. The van der Waals surface area contributed by atoms with Crippen LogP contribution in [-0.2, 0) is 6.54 Å². The van der Waals surface area contributed by atoms with Crippen molar-refractivity contribution in [3.05, 3.63) is 65.0 Å². The molecule has 0 atom stereocenters. The summed E-state index contributed by atoms with van der Waals surface area (Å²) < 4.78 is 13.5. The van der Waals surface area contributed by atoms with Crippen molar-refractivity contribution < 1.29 is 9.18 Å². The Morgan fingerprint density at radius 1 is 1.19 bits per heavy atom. The summed E-state index contributed by atoms with van der Waals surface area (Å²) in [4.78, 5) is 14.1. The van der Waals surface area contributed by atoms with Gasteiger partial charge in [0.1, 0.15) is 5.82 Å². The first-order valence-electron chi connectivity index (χ1n) is 6.78. The van der Waals surface area contributed by atoms with Crippen molar-refractivity contribution in [1.29, 1.82) is 0 Å². The van der Waals surface area contributed by atoms with Crippen LogP contribution >= 0.6 is 0 Å². The molecule has 0 aliphatic rings. The number of amides is 1. The van der Waals surface area contributed by atoms with Gasteiger partial charge in [0.25, 0.3) is 5.91 Å². The molecule has 0 aliphatic carbocycles. The van der Waals surface area contributed by atoms with Crippen LogP contribution in [0.25, 0.3) is 0 Å². The molecule has 0 heterocycles. The van der Waals surface area contributed by atoms with Gasteiger partial charge in [-0.05, 0) is 36.8 Å². The van der Waals surface area contributed by atoms with E-state index in [2.05, 4.69) is 5.32 Å². The lowest BCUT2D eigenvalue weighted by Crippen LogP contribution is -2.23. The first-order valence-corrected chi connectivity index (χ1v) is 6.78. The third kappa shape index (κ3) is 3.60. The summed E-state index contributed by atoms with van der Waals surface area (Å²) in [5.74, 6) is -0.511. The predicted molar refractivity (Wildman–Crippen MR) is 83.1 cm³/mol. The molecule has 2 aromatic carbocycles. The van der Waals surface area contributed by atoms with Crippen LogP contribution in [0.5, 0.6) is 0 Å². The fourth-order valence-electron chi connectivity index (χ4n) is 2.22. The number of rotatable bonds is 4. The summed E-state index contributed by atoms with van der Waals surface area (Å²) in [6.07, 6.45) is 0. The summed E-state index contributed by atoms with van der Waals surface area (Å²) in [5, 5.41) is 2.74. The zero-order valence-corrected chi connectivity index (χ0v) is 12.5. The summed E-state index contributed by atoms with van der Waals surface area (Å²) in [6, 6.07) is 12.0. The number of nitrogens with zero attached hydrogens (tertiary/aromatic N) is 1. The Morgan fingerprint density at radius 2 is 1.90 bits per heavy atom. The van der Waals surface area contributed by atoms with Crippen molar-refractivity contribution in [3.8, 4) is 0 Å². The smallest absolute Gasteiger partial charge is 0.251 e. The average Bonchev–Trinajstić information content (AvgIpc) is 2.45. The minimum Gasteiger partial charge on any atom is -0.377 e. The number of aryl methyl sites for hydroxylation is 1. The van der Waals surface area contributed by atoms with E-state index in [1.165, 1.54) is 6.07 Å². The van der Waals surface area contributed by atoms with Crippen LogP contribution in [0.1, 0.15) is 21.5 Å². The van der Waals surface area contributed by atoms with Crippen molar-refractivity contribution in [2.24, 2.45) is 0 Å². The van der Waals surface area contributed by atoms with Gasteiger partial charge in [0, 0.05) is 37.5 Å². The van der Waals surface area contributed by atoms with E-state index in [-0.39, 0.29) is 18.3 Å². The van der Waals surface area contributed by atoms with E-state index in [4.69, 9.17) is 0 Å². The third-order valence-electron chi connectivity index (χ3n) is 3.34. The Kier molecular flexibility index (Phi) is 4.58. The summed E-state index contributed by atoms with van der Waals surface area (Å²) in [5.41, 5.74) is 3.15. The number of anilines is 1. The maximum absolute atomic E-state index is 13.5. The zero-order chi connectivity index (χ0) is 15.4. The monoisotopic (exact) mass is 286 g/mol. The van der Waals surface area contributed by atoms with Gasteiger partial charge in [-0.3, -0.25) is 4.79 Å². The van der Waals surface area contributed by atoms with Crippen LogP contribution in [0, 0.1) is 12.7 Å². The van der Waals surface area contributed by atoms with Gasteiger partial charge in [0.05, 0.1) is 0 Å². The van der Waals surface area contributed by atoms with E-state index < -0.39 is 0 Å². The molecule has 0 saturated carbocycles. The van der Waals surface area contributed by atoms with Crippen LogP contribution in [0.15, 0.2) is 42.5 Å². The molecule has 21 heavy (non-hydrogen) atoms. The van der Waals surface area contributed by atoms with Gasteiger partial charge in [-0.25, -0.2) is 4.39 Å². The lowest BCUT2D eigenvalue weighted by atomic mass is 10.1. The SMILES string of the molecule is Cc1cc(C(=O)NCc2ccccc2F)ccc1N(C)C. The minimum absolute atomic E-state index is 0.181. The third-order valence-corrected chi connectivity index (χ3v) is 3.34. The largest absolute Gasteiger partial charge is 0.377 e. The fraction of sp³-hybridized carbons (Fsp3) is 0.235. The van der Waals surface area contributed by atoms with Crippen molar-refractivity contribution in [3.63, 3.8) is 0 Å². The Labute approximate surface area is 124 Å². The molecule has 0 bridgehead atoms. The predicted octanol–water partition coefficient (Wildman–Crippen LogP) is 3.13. The normalized spacial score (nSPS) is 10.3. The molecule has 0 radical (unpaired) electrons. The number of carbonyl (C=O) groups is 1. The van der Waals surface area contributed by atoms with Gasteiger partial charge >= 0.3 is 0 Å². The summed E-state index contributed by atoms with van der Waals surface area (Å²) in [7, 11) is 3.92. The van der Waals surface area contributed by atoms with Crippen LogP contribution < -0.4 is 10.2 Å². The second-order valence-electron chi connectivity index (χ2n) is 5.17. The standard InChI is InChI=1S/C17H19FN2O/c1-12-10-13(8-9-16(12)20(2)3)17(21)19-11-14-6-4-5-7-15(14)18/h4-10H,11H2,1-3H3,(H,19,21). The van der Waals surface area contributed by atoms with Gasteiger partial charge in [-0.15, -0.1) is 0 Å². The van der Waals surface area contributed by atoms with E-state index >= 15 is 0 Å². The van der Waals surface area contributed by atoms with Gasteiger partial charge < -0.3 is 10.2 Å². The molecular formula is C17H19FN2O. The quantitative estimate of drug-likeness (QED) is 0.936. The molecule has 1 amide bonds. The van der Waals surface area contributed by atoms with Gasteiger partial charge in [-0.2, -0.15) is 0 Å². The second-order valence-corrected chi connectivity index (χ2v) is 5.17. The first-order chi connectivity index (χ1) is 9.99. The maximum atomic E-state index is 13.5. The molecule has 4 heteroatoms. The highest BCUT2D eigenvalue weighted by molar-refractivity contribution is 5.94. The number of halogens is 1. The van der Waals surface area contributed by atoms with E-state index in [9.17, 15) is 9.18 Å². The van der Waals surface area contributed by atoms with Crippen LogP contribution in [0.4, 0.5) is 10.1 Å². The second kappa shape index (κ2) is 6.39. The Bertz CT molecular complexity index is 653. The average molecular weight is 286 g/mol. The van der Waals surface area contributed by atoms with Gasteiger partial charge in [-0.1, -0.05) is 18.2 Å². The zero-order valence-electron chi connectivity index (χ0n) is 12.5. The van der Waals surface area contributed by atoms with Crippen LogP contribution in [-0.4, -0.2) is 20.0 Å². The van der Waals surface area contributed by atoms with E-state index in [0.29, 0.717) is 11.1 Å². The number of carbonyl (C=O) groups excluding carboxylic acids is 1. The molecular weight excluding hydrogens is 267 g/mol. The molecule has 0 fully saturated rings. The number of hydrogen-bond donors (Lipinski definition) is 1. The summed E-state index contributed by atoms with van der Waals surface area (Å²) in [6.45, 7) is 2.14. The van der Waals surface area contributed by atoms with E-state index in [1.54, 1.807) is 24.3 Å². The Morgan fingerprint density at radius 3 is 2.52 bits per heavy atom. The molecule has 3 nitrogen and oxygen atoms in total. The van der Waals surface area contributed by atoms with Crippen molar-refractivity contribution in [2.45, 2.75) is 13.5 Å². The number of hydrogen-bond acceptors (Lipinski definition) is 2. The number of benzene rings is 2. The highest BCUT2D eigenvalue weighted by Gasteiger charge is 2.09. The van der Waals surface area contributed by atoms with Crippen molar-refractivity contribution in [1.82, 2.24) is 5.32 Å². The lowest BCUT2D eigenvalue weighted by molar-refractivity contribution is 0.0950. The fourth-order valence-corrected chi connectivity index (χ4v) is 2.22. The molecule has 2 aromatic rings. The van der Waals surface area contributed by atoms with Crippen LogP contribution in [0.3, 0.4) is 0 Å². The van der Waals surface area contributed by atoms with Gasteiger partial charge in [0.15, 0.2) is 0 Å². The first kappa shape index (κ1) is 15.0. The van der Waals surface area contributed by atoms with Crippen LogP contribution in [0.2, 0.25) is 0 Å². The van der Waals surface area contributed by atoms with Crippen molar-refractivity contribution in [2.75, 3.05) is 19.0 Å². The van der Waals surface area contributed by atoms with Crippen molar-refractivity contribution >= 4 is 11.6 Å². The molecule has 110 valence electrons. The molecule has 0 saturated heterocycles. The topological polar surface area (TPSA) is 32.3 Å². The molecule has 2 rings (SSSR count). The van der Waals surface area contributed by atoms with E-state index in [0.717, 1.165) is 11.3 Å². The Hall–Kier alpha value is -2.36. The van der Waals surface area contributed by atoms with E-state index in [1.807, 2.05) is 38.1 Å². The molecule has 0 unspecified atom stereocenters. The lowest BCUT2D eigenvalue weighted by Gasteiger charge is -2.16. The Balaban J connectivity index is 2.07. The van der Waals surface area contributed by atoms with Gasteiger partial charge in [0.2, 0.25) is 0 Å². The highest BCUT2D eigenvalue weighted by atomic mass is 19.1. The number of nitrogens with one attached hydrogen (secondary N) is 1. The minimum atomic E-state index is -0.308.